The number of H-pyrrole nitrogens is 1. The maximum absolute atomic E-state index is 11.7. The van der Waals surface area contributed by atoms with Gasteiger partial charge in [0.1, 0.15) is 11.9 Å². The van der Waals surface area contributed by atoms with Crippen LogP contribution in [0.3, 0.4) is 0 Å². The van der Waals surface area contributed by atoms with E-state index in [0.717, 1.165) is 12.0 Å². The second-order valence-corrected chi connectivity index (χ2v) is 5.01. The molecule has 18 heavy (non-hydrogen) atoms. The highest BCUT2D eigenvalue weighted by atomic mass is 16.6. The van der Waals surface area contributed by atoms with Crippen LogP contribution in [0.25, 0.3) is 0 Å². The van der Waals surface area contributed by atoms with E-state index in [4.69, 9.17) is 4.74 Å². The van der Waals surface area contributed by atoms with Gasteiger partial charge in [-0.2, -0.15) is 0 Å². The molecule has 100 valence electrons. The van der Waals surface area contributed by atoms with Gasteiger partial charge in [0.2, 0.25) is 0 Å². The van der Waals surface area contributed by atoms with Crippen molar-refractivity contribution in [2.75, 3.05) is 0 Å². The molecule has 0 spiro atoms. The molecule has 1 atom stereocenters. The Bertz CT molecular complexity index is 420. The molecule has 1 heterocycles. The van der Waals surface area contributed by atoms with Crippen molar-refractivity contribution in [3.8, 4) is 0 Å². The van der Waals surface area contributed by atoms with Gasteiger partial charge in [0, 0.05) is 12.1 Å². The lowest BCUT2D eigenvalue weighted by atomic mass is 10.1. The average Bonchev–Trinajstić information content (AvgIpc) is 2.60. The van der Waals surface area contributed by atoms with E-state index in [1.54, 1.807) is 20.8 Å². The van der Waals surface area contributed by atoms with Gasteiger partial charge in [0.25, 0.3) is 0 Å². The van der Waals surface area contributed by atoms with Crippen LogP contribution in [0.4, 0.5) is 4.79 Å². The van der Waals surface area contributed by atoms with E-state index in [1.807, 2.05) is 6.92 Å². The molecule has 0 aromatic carbocycles. The highest BCUT2D eigenvalue weighted by Crippen LogP contribution is 2.17. The van der Waals surface area contributed by atoms with Crippen molar-refractivity contribution in [3.63, 3.8) is 0 Å². The summed E-state index contributed by atoms with van der Waals surface area (Å²) in [5.74, 6) is 0. The van der Waals surface area contributed by atoms with Crippen molar-refractivity contribution >= 4 is 12.4 Å². The van der Waals surface area contributed by atoms with Crippen LogP contribution in [0.5, 0.6) is 0 Å². The van der Waals surface area contributed by atoms with Crippen LogP contribution in [0, 0.1) is 6.92 Å². The van der Waals surface area contributed by atoms with E-state index in [1.165, 1.54) is 6.33 Å². The Labute approximate surface area is 106 Å². The lowest BCUT2D eigenvalue weighted by Gasteiger charge is -2.22. The molecular formula is C12H19N3O3. The van der Waals surface area contributed by atoms with E-state index in [0.29, 0.717) is 5.69 Å². The number of nitrogens with zero attached hydrogens (tertiary/aromatic N) is 1. The Morgan fingerprint density at radius 1 is 1.61 bits per heavy atom. The second-order valence-electron chi connectivity index (χ2n) is 5.01. The Balaban J connectivity index is 2.73. The van der Waals surface area contributed by atoms with Gasteiger partial charge < -0.3 is 19.8 Å². The molecule has 0 bridgehead atoms. The van der Waals surface area contributed by atoms with E-state index in [9.17, 15) is 9.59 Å². The number of hydrogen-bond acceptors (Lipinski definition) is 4. The summed E-state index contributed by atoms with van der Waals surface area (Å²) < 4.78 is 5.15. The van der Waals surface area contributed by atoms with Crippen molar-refractivity contribution in [1.29, 1.82) is 0 Å². The first-order valence-electron chi connectivity index (χ1n) is 5.76. The quantitative estimate of drug-likeness (QED) is 0.802. The third-order valence-electron chi connectivity index (χ3n) is 2.22. The number of ether oxygens (including phenoxy) is 1. The first kappa shape index (κ1) is 14.2. The van der Waals surface area contributed by atoms with Crippen LogP contribution in [-0.2, 0) is 9.53 Å². The van der Waals surface area contributed by atoms with Crippen molar-refractivity contribution in [2.45, 2.75) is 45.8 Å². The fourth-order valence-corrected chi connectivity index (χ4v) is 1.51. The van der Waals surface area contributed by atoms with Crippen molar-refractivity contribution in [3.05, 3.63) is 17.7 Å². The highest BCUT2D eigenvalue weighted by molar-refractivity contribution is 5.69. The number of aromatic nitrogens is 2. The number of alkyl carbamates (subject to hydrolysis) is 1. The molecule has 0 unspecified atom stereocenters. The molecule has 1 rings (SSSR count). The van der Waals surface area contributed by atoms with E-state index in [2.05, 4.69) is 15.3 Å². The Kier molecular flexibility index (Phi) is 4.47. The molecule has 1 aromatic heterocycles. The highest BCUT2D eigenvalue weighted by Gasteiger charge is 2.22. The summed E-state index contributed by atoms with van der Waals surface area (Å²) >= 11 is 0. The Morgan fingerprint density at radius 2 is 2.28 bits per heavy atom. The summed E-state index contributed by atoms with van der Waals surface area (Å²) in [5, 5.41) is 2.64. The van der Waals surface area contributed by atoms with Gasteiger partial charge in [-0.25, -0.2) is 9.78 Å². The third-order valence-corrected chi connectivity index (χ3v) is 2.22. The SMILES string of the molecule is Cc1[nH]cnc1[C@H](CC=O)NC(=O)OC(C)(C)C. The molecule has 0 fully saturated rings. The Morgan fingerprint density at radius 3 is 2.72 bits per heavy atom. The number of imidazole rings is 1. The monoisotopic (exact) mass is 253 g/mol. The molecule has 0 radical (unpaired) electrons. The van der Waals surface area contributed by atoms with Gasteiger partial charge in [-0.05, 0) is 27.7 Å². The average molecular weight is 253 g/mol. The largest absolute Gasteiger partial charge is 0.444 e. The number of amides is 1. The standard InChI is InChI=1S/C12H19N3O3/c1-8-10(14-7-13-8)9(5-6-16)15-11(17)18-12(2,3)4/h6-7,9H,5H2,1-4H3,(H,13,14)(H,15,17)/t9-/m0/s1. The molecule has 0 aliphatic carbocycles. The number of rotatable bonds is 4. The number of aromatic amines is 1. The van der Waals surface area contributed by atoms with Gasteiger partial charge in [-0.3, -0.25) is 0 Å². The van der Waals surface area contributed by atoms with Crippen LogP contribution >= 0.6 is 0 Å². The molecule has 2 N–H and O–H groups in total. The van der Waals surface area contributed by atoms with Crippen LogP contribution in [0.15, 0.2) is 6.33 Å². The minimum absolute atomic E-state index is 0.158. The van der Waals surface area contributed by atoms with Crippen LogP contribution in [0.2, 0.25) is 0 Å². The van der Waals surface area contributed by atoms with E-state index >= 15 is 0 Å². The first-order valence-corrected chi connectivity index (χ1v) is 5.76. The predicted molar refractivity (Wildman–Crippen MR) is 66.1 cm³/mol. The van der Waals surface area contributed by atoms with Gasteiger partial charge in [0.15, 0.2) is 0 Å². The normalized spacial score (nSPS) is 12.9. The zero-order chi connectivity index (χ0) is 13.8. The van der Waals surface area contributed by atoms with Crippen molar-refractivity contribution in [1.82, 2.24) is 15.3 Å². The second kappa shape index (κ2) is 5.66. The first-order chi connectivity index (χ1) is 8.33. The fourth-order valence-electron chi connectivity index (χ4n) is 1.51. The summed E-state index contributed by atoms with van der Waals surface area (Å²) in [4.78, 5) is 29.3. The van der Waals surface area contributed by atoms with Crippen molar-refractivity contribution in [2.24, 2.45) is 0 Å². The summed E-state index contributed by atoms with van der Waals surface area (Å²) in [7, 11) is 0. The number of carbonyl (C=O) groups excluding carboxylic acids is 2. The summed E-state index contributed by atoms with van der Waals surface area (Å²) in [6.07, 6.45) is 1.87. The van der Waals surface area contributed by atoms with Crippen LogP contribution < -0.4 is 5.32 Å². The zero-order valence-corrected chi connectivity index (χ0v) is 11.1. The number of carbonyl (C=O) groups is 2. The number of aryl methyl sites for hydroxylation is 1. The minimum atomic E-state index is -0.573. The third kappa shape index (κ3) is 4.20. The maximum atomic E-state index is 11.7. The van der Waals surface area contributed by atoms with Gasteiger partial charge in [-0.15, -0.1) is 0 Å². The molecule has 6 heteroatoms. The van der Waals surface area contributed by atoms with Crippen molar-refractivity contribution < 1.29 is 14.3 Å². The molecular weight excluding hydrogens is 234 g/mol. The Hall–Kier alpha value is -1.85. The fraction of sp³-hybridized carbons (Fsp3) is 0.583. The maximum Gasteiger partial charge on any atom is 0.408 e. The van der Waals surface area contributed by atoms with Crippen LogP contribution in [0.1, 0.15) is 44.6 Å². The zero-order valence-electron chi connectivity index (χ0n) is 11.1. The lowest BCUT2D eigenvalue weighted by molar-refractivity contribution is -0.108. The molecule has 1 aromatic rings. The molecule has 0 saturated carbocycles. The summed E-state index contributed by atoms with van der Waals surface area (Å²) in [6, 6.07) is -0.469. The minimum Gasteiger partial charge on any atom is -0.444 e. The topological polar surface area (TPSA) is 84.1 Å². The number of nitrogens with one attached hydrogen (secondary N) is 2. The lowest BCUT2D eigenvalue weighted by Crippen LogP contribution is -2.35. The van der Waals surface area contributed by atoms with Gasteiger partial charge in [-0.1, -0.05) is 0 Å². The summed E-state index contributed by atoms with van der Waals surface area (Å²) in [5.41, 5.74) is 0.891. The molecule has 0 aliphatic rings. The van der Waals surface area contributed by atoms with Gasteiger partial charge in [0.05, 0.1) is 18.1 Å². The molecule has 0 saturated heterocycles. The van der Waals surface area contributed by atoms with Crippen LogP contribution in [-0.4, -0.2) is 27.9 Å². The number of hydrogen-bond donors (Lipinski definition) is 2. The molecule has 0 aliphatic heterocycles. The molecule has 6 nitrogen and oxygen atoms in total. The summed E-state index contributed by atoms with van der Waals surface area (Å²) in [6.45, 7) is 7.17. The van der Waals surface area contributed by atoms with Gasteiger partial charge >= 0.3 is 6.09 Å². The predicted octanol–water partition coefficient (Wildman–Crippen LogP) is 1.87. The van der Waals surface area contributed by atoms with E-state index in [-0.39, 0.29) is 6.42 Å². The molecule has 1 amide bonds. The number of aldehydes is 1. The van der Waals surface area contributed by atoms with E-state index < -0.39 is 17.7 Å². The smallest absolute Gasteiger partial charge is 0.408 e.